The Labute approximate surface area is 514 Å². The monoisotopic (exact) mass is 1120 g/mol. The van der Waals surface area contributed by atoms with Gasteiger partial charge in [-0.3, -0.25) is 0 Å². The van der Waals surface area contributed by atoms with Crippen molar-refractivity contribution in [1.29, 1.82) is 0 Å². The lowest BCUT2D eigenvalue weighted by Crippen LogP contribution is -2.61. The van der Waals surface area contributed by atoms with Crippen LogP contribution in [0, 0.1) is 0 Å². The van der Waals surface area contributed by atoms with Gasteiger partial charge in [0.25, 0.3) is 6.71 Å². The smallest absolute Gasteiger partial charge is 0.252 e. The van der Waals surface area contributed by atoms with Crippen LogP contribution in [0.1, 0.15) is 26.3 Å². The van der Waals surface area contributed by atoms with Crippen LogP contribution in [0.5, 0.6) is 0 Å². The average molecular weight is 1120 g/mol. The van der Waals surface area contributed by atoms with Gasteiger partial charge < -0.3 is 14.4 Å². The van der Waals surface area contributed by atoms with Crippen LogP contribution in [-0.2, 0) is 5.41 Å². The molecule has 0 fully saturated rings. The van der Waals surface area contributed by atoms with Gasteiger partial charge in [0.2, 0.25) is 0 Å². The molecular weight excluding hydrogens is 1060 g/mol. The summed E-state index contributed by atoms with van der Waals surface area (Å²) < 4.78 is 2.47. The molecule has 3 nitrogen and oxygen atoms in total. The molecule has 0 spiro atoms. The fourth-order valence-electron chi connectivity index (χ4n) is 14.7. The maximum Gasteiger partial charge on any atom is 0.252 e. The summed E-state index contributed by atoms with van der Waals surface area (Å²) in [5.41, 5.74) is 27.4. The van der Waals surface area contributed by atoms with Crippen LogP contribution >= 0.6 is 0 Å². The highest BCUT2D eigenvalue weighted by Crippen LogP contribution is 2.51. The minimum absolute atomic E-state index is 0.0718. The second kappa shape index (κ2) is 20.4. The van der Waals surface area contributed by atoms with E-state index in [1.807, 2.05) is 0 Å². The Morgan fingerprint density at radius 3 is 1.33 bits per heavy atom. The molecule has 17 rings (SSSR count). The molecule has 0 saturated heterocycles. The Morgan fingerprint density at radius 1 is 0.273 bits per heavy atom. The van der Waals surface area contributed by atoms with E-state index in [1.165, 1.54) is 133 Å². The van der Waals surface area contributed by atoms with Gasteiger partial charge in [-0.1, -0.05) is 263 Å². The second-order valence-corrected chi connectivity index (χ2v) is 24.7. The third kappa shape index (κ3) is 8.13. The van der Waals surface area contributed by atoms with Crippen molar-refractivity contribution in [2.45, 2.75) is 26.2 Å². The van der Waals surface area contributed by atoms with Crippen molar-refractivity contribution < 1.29 is 0 Å². The molecule has 14 aromatic carbocycles. The van der Waals surface area contributed by atoms with Gasteiger partial charge in [0, 0.05) is 50.3 Å². The van der Waals surface area contributed by atoms with Crippen molar-refractivity contribution in [2.75, 3.05) is 9.80 Å². The Morgan fingerprint density at radius 2 is 0.716 bits per heavy atom. The lowest BCUT2D eigenvalue weighted by atomic mass is 9.33. The Balaban J connectivity index is 0.879. The summed E-state index contributed by atoms with van der Waals surface area (Å²) in [6.07, 6.45) is 0. The van der Waals surface area contributed by atoms with E-state index in [4.69, 9.17) is 0 Å². The molecule has 0 unspecified atom stereocenters. The van der Waals surface area contributed by atoms with Crippen LogP contribution in [0.25, 0.3) is 105 Å². The number of aromatic nitrogens is 1. The predicted octanol–water partition coefficient (Wildman–Crippen LogP) is 20.8. The van der Waals surface area contributed by atoms with E-state index < -0.39 is 0 Å². The van der Waals surface area contributed by atoms with Crippen molar-refractivity contribution in [3.05, 3.63) is 315 Å². The van der Waals surface area contributed by atoms with Gasteiger partial charge in [-0.15, -0.1) is 0 Å². The molecule has 0 amide bonds. The number of fused-ring (bicyclic) bond motifs is 9. The molecule has 88 heavy (non-hydrogen) atoms. The van der Waals surface area contributed by atoms with E-state index in [2.05, 4.69) is 345 Å². The maximum atomic E-state index is 2.61. The van der Waals surface area contributed by atoms with Gasteiger partial charge in [-0.25, -0.2) is 0 Å². The Bertz CT molecular complexity index is 5220. The first-order chi connectivity index (χ1) is 43.3. The van der Waals surface area contributed by atoms with E-state index in [0.717, 1.165) is 28.2 Å². The first-order valence-corrected chi connectivity index (χ1v) is 30.8. The van der Waals surface area contributed by atoms with Crippen molar-refractivity contribution in [2.24, 2.45) is 0 Å². The largest absolute Gasteiger partial charge is 0.311 e. The molecule has 1 aromatic heterocycles. The van der Waals surface area contributed by atoms with Gasteiger partial charge in [-0.05, 0) is 160 Å². The molecule has 4 heteroatoms. The topological polar surface area (TPSA) is 11.4 Å². The normalized spacial score (nSPS) is 12.6. The Kier molecular flexibility index (Phi) is 11.9. The molecular formula is C84H60BN3. The molecule has 0 radical (unpaired) electrons. The van der Waals surface area contributed by atoms with E-state index in [0.29, 0.717) is 0 Å². The Hall–Kier alpha value is -10.9. The zero-order chi connectivity index (χ0) is 58.6. The third-order valence-corrected chi connectivity index (χ3v) is 18.7. The van der Waals surface area contributed by atoms with Crippen LogP contribution in [-0.4, -0.2) is 11.3 Å². The fourth-order valence-corrected chi connectivity index (χ4v) is 14.7. The van der Waals surface area contributed by atoms with Crippen molar-refractivity contribution in [3.8, 4) is 61.3 Å². The standard InChI is InChI=1S/C84H60BN3/c1-84(2,3)61-52-79-83-80(53-61)88(73-41-20-15-34-63(73)55-26-7-4-8-27-55)78-54-62(86-75-43-22-17-36-65(75)66-37-18-23-44-76(66)86)47-49-72(78)85(83)71-40-19-24-45-77(71)87(79)74-42-21-16-35-64(74)60-33-25-32-58(50-60)59-46-48-69-70(51-59)82(57-30-11-6-12-31-57)68-39-14-13-38-67(68)81(69)56-28-9-5-10-29-56/h4-54H,1-3H3. The average Bonchev–Trinajstić information content (AvgIpc) is 1.15. The lowest BCUT2D eigenvalue weighted by Gasteiger charge is -2.45. The number of benzene rings is 14. The number of hydrogen-bond acceptors (Lipinski definition) is 2. The summed E-state index contributed by atoms with van der Waals surface area (Å²) in [5, 5.41) is 7.48. The van der Waals surface area contributed by atoms with Gasteiger partial charge >= 0.3 is 0 Å². The highest BCUT2D eigenvalue weighted by molar-refractivity contribution is 7.00. The first kappa shape index (κ1) is 51.5. The van der Waals surface area contributed by atoms with E-state index in [-0.39, 0.29) is 12.1 Å². The number of anilines is 6. The molecule has 0 aliphatic carbocycles. The second-order valence-electron chi connectivity index (χ2n) is 24.7. The molecule has 0 atom stereocenters. The molecule has 414 valence electrons. The molecule has 0 N–H and O–H groups in total. The summed E-state index contributed by atoms with van der Waals surface area (Å²) >= 11 is 0. The van der Waals surface area contributed by atoms with Crippen LogP contribution in [0.3, 0.4) is 0 Å². The SMILES string of the molecule is CC(C)(C)c1cc2c3c(c1)N(c1ccccc1-c1ccccc1)c1cc(-n4c5ccccc5c5ccccc54)ccc1B3c1ccccc1N2c1ccccc1-c1cccc(-c2ccc3c(-c4ccccc4)c4ccccc4c(-c4ccccc4)c3c2)c1. The van der Waals surface area contributed by atoms with E-state index in [1.54, 1.807) is 0 Å². The summed E-state index contributed by atoms with van der Waals surface area (Å²) in [7, 11) is 0. The summed E-state index contributed by atoms with van der Waals surface area (Å²) in [5.74, 6) is 0. The van der Waals surface area contributed by atoms with Crippen LogP contribution in [0.15, 0.2) is 309 Å². The highest BCUT2D eigenvalue weighted by Gasteiger charge is 2.45. The highest BCUT2D eigenvalue weighted by atomic mass is 15.2. The molecule has 0 bridgehead atoms. The minimum Gasteiger partial charge on any atom is -0.311 e. The number of nitrogens with zero attached hydrogens (tertiary/aromatic N) is 3. The zero-order valence-electron chi connectivity index (χ0n) is 49.4. The van der Waals surface area contributed by atoms with Crippen molar-refractivity contribution in [1.82, 2.24) is 4.57 Å². The van der Waals surface area contributed by atoms with E-state index >= 15 is 0 Å². The van der Waals surface area contributed by atoms with Gasteiger partial charge in [-0.2, -0.15) is 0 Å². The summed E-state index contributed by atoms with van der Waals surface area (Å²) in [4.78, 5) is 5.21. The van der Waals surface area contributed by atoms with Gasteiger partial charge in [0.05, 0.1) is 22.4 Å². The van der Waals surface area contributed by atoms with E-state index in [9.17, 15) is 0 Å². The van der Waals surface area contributed by atoms with Crippen molar-refractivity contribution in [3.63, 3.8) is 0 Å². The van der Waals surface area contributed by atoms with Crippen molar-refractivity contribution >= 4 is 101 Å². The number of para-hydroxylation sites is 5. The molecule has 2 aliphatic rings. The maximum absolute atomic E-state index is 2.61. The van der Waals surface area contributed by atoms with Gasteiger partial charge in [0.15, 0.2) is 0 Å². The quantitative estimate of drug-likeness (QED) is 0.111. The zero-order valence-corrected chi connectivity index (χ0v) is 49.4. The number of hydrogen-bond donors (Lipinski definition) is 0. The predicted molar refractivity (Wildman–Crippen MR) is 376 cm³/mol. The summed E-state index contributed by atoms with van der Waals surface area (Å²) in [6.45, 7) is 7.01. The molecule has 0 saturated carbocycles. The number of rotatable bonds is 8. The first-order valence-electron chi connectivity index (χ1n) is 30.8. The molecule has 15 aromatic rings. The van der Waals surface area contributed by atoms with Crippen LogP contribution < -0.4 is 26.2 Å². The molecule has 3 heterocycles. The van der Waals surface area contributed by atoms with Crippen LogP contribution in [0.4, 0.5) is 34.1 Å². The summed E-state index contributed by atoms with van der Waals surface area (Å²) in [6, 6.07) is 115. The third-order valence-electron chi connectivity index (χ3n) is 18.7. The molecule has 2 aliphatic heterocycles. The van der Waals surface area contributed by atoms with Crippen LogP contribution in [0.2, 0.25) is 0 Å². The minimum atomic E-state index is -0.207. The van der Waals surface area contributed by atoms with Gasteiger partial charge in [0.1, 0.15) is 0 Å². The fraction of sp³-hybridized carbons (Fsp3) is 0.0476. The lowest BCUT2D eigenvalue weighted by molar-refractivity contribution is 0.590.